The van der Waals surface area contributed by atoms with Gasteiger partial charge >= 0.3 is 0 Å². The molecule has 1 aromatic carbocycles. The Hall–Kier alpha value is -1.69. The van der Waals surface area contributed by atoms with Gasteiger partial charge in [0.2, 0.25) is 11.8 Å². The Morgan fingerprint density at radius 3 is 2.83 bits per heavy atom. The van der Waals surface area contributed by atoms with Crippen molar-refractivity contribution in [3.05, 3.63) is 29.3 Å². The molecule has 0 heterocycles. The Labute approximate surface area is 178 Å². The minimum atomic E-state index is -0.502. The number of phenols is 1. The average Bonchev–Trinajstić information content (AvgIpc) is 2.67. The lowest BCUT2D eigenvalue weighted by Crippen LogP contribution is -2.60. The van der Waals surface area contributed by atoms with E-state index in [4.69, 9.17) is 0 Å². The van der Waals surface area contributed by atoms with E-state index in [1.807, 2.05) is 18.4 Å². The van der Waals surface area contributed by atoms with Crippen LogP contribution in [0.3, 0.4) is 0 Å². The summed E-state index contributed by atoms with van der Waals surface area (Å²) in [5.41, 5.74) is 2.25. The maximum Gasteiger partial charge on any atom is 0.242 e. The highest BCUT2D eigenvalue weighted by atomic mass is 32.2. The number of benzene rings is 1. The van der Waals surface area contributed by atoms with Crippen LogP contribution in [0.25, 0.3) is 0 Å². The van der Waals surface area contributed by atoms with Crippen LogP contribution < -0.4 is 10.6 Å². The molecular formula is C23H34N2O3S. The van der Waals surface area contributed by atoms with E-state index in [1.54, 1.807) is 17.8 Å². The van der Waals surface area contributed by atoms with Gasteiger partial charge in [-0.3, -0.25) is 9.59 Å². The van der Waals surface area contributed by atoms with E-state index in [0.717, 1.165) is 31.4 Å². The second kappa shape index (κ2) is 9.41. The Kier molecular flexibility index (Phi) is 7.14. The van der Waals surface area contributed by atoms with E-state index in [1.165, 1.54) is 30.9 Å². The van der Waals surface area contributed by atoms with E-state index in [0.29, 0.717) is 12.3 Å². The Bertz CT molecular complexity index is 754. The highest BCUT2D eigenvalue weighted by Crippen LogP contribution is 2.47. The first kappa shape index (κ1) is 22.0. The predicted octanol–water partition coefficient (Wildman–Crippen LogP) is 3.53. The molecule has 2 amide bonds. The van der Waals surface area contributed by atoms with Crippen molar-refractivity contribution in [2.45, 2.75) is 76.3 Å². The van der Waals surface area contributed by atoms with Gasteiger partial charge in [0.15, 0.2) is 0 Å². The van der Waals surface area contributed by atoms with Crippen LogP contribution >= 0.6 is 11.8 Å². The van der Waals surface area contributed by atoms with Crippen LogP contribution in [0.2, 0.25) is 0 Å². The van der Waals surface area contributed by atoms with E-state index in [2.05, 4.69) is 17.6 Å². The summed E-state index contributed by atoms with van der Waals surface area (Å²) >= 11 is 1.68. The lowest BCUT2D eigenvalue weighted by Gasteiger charge is -2.49. The summed E-state index contributed by atoms with van der Waals surface area (Å²) in [7, 11) is 0. The number of phenolic OH excluding ortho intramolecular Hbond substituents is 1. The lowest BCUT2D eigenvalue weighted by atomic mass is 9.59. The molecule has 2 aliphatic rings. The number of hydrogen-bond donors (Lipinski definition) is 3. The van der Waals surface area contributed by atoms with Crippen LogP contribution in [0.5, 0.6) is 5.75 Å². The fraction of sp³-hybridized carbons (Fsp3) is 0.652. The van der Waals surface area contributed by atoms with Crippen molar-refractivity contribution in [1.29, 1.82) is 0 Å². The summed E-state index contributed by atoms with van der Waals surface area (Å²) in [6.45, 7) is 3.70. The molecule has 2 aliphatic carbocycles. The number of amides is 2. The van der Waals surface area contributed by atoms with Crippen LogP contribution in [0.1, 0.15) is 63.5 Å². The molecule has 1 saturated carbocycles. The van der Waals surface area contributed by atoms with Gasteiger partial charge in [0.25, 0.3) is 0 Å². The summed E-state index contributed by atoms with van der Waals surface area (Å²) < 4.78 is 0. The SMILES string of the molecule is CSCC[C@H](NC(C)=O)C(=O)N[C@H]1C2CCCCC[C@]1(C)c1cc(O)ccc1C2. The quantitative estimate of drug-likeness (QED) is 0.660. The number of nitrogens with one attached hydrogen (secondary N) is 2. The minimum absolute atomic E-state index is 0.00939. The van der Waals surface area contributed by atoms with Crippen molar-refractivity contribution in [3.63, 3.8) is 0 Å². The van der Waals surface area contributed by atoms with Gasteiger partial charge in [-0.15, -0.1) is 0 Å². The molecule has 4 atom stereocenters. The van der Waals surface area contributed by atoms with Crippen LogP contribution in [-0.4, -0.2) is 41.0 Å². The molecule has 1 aromatic rings. The summed E-state index contributed by atoms with van der Waals surface area (Å²) in [6, 6.07) is 5.23. The van der Waals surface area contributed by atoms with Gasteiger partial charge in [-0.1, -0.05) is 32.3 Å². The number of hydrogen-bond acceptors (Lipinski definition) is 4. The third-order valence-electron chi connectivity index (χ3n) is 6.72. The van der Waals surface area contributed by atoms with Gasteiger partial charge in [-0.25, -0.2) is 0 Å². The van der Waals surface area contributed by atoms with Gasteiger partial charge in [-0.2, -0.15) is 11.8 Å². The van der Waals surface area contributed by atoms with E-state index >= 15 is 0 Å². The molecule has 0 saturated heterocycles. The van der Waals surface area contributed by atoms with Crippen LogP contribution in [-0.2, 0) is 21.4 Å². The Morgan fingerprint density at radius 2 is 2.10 bits per heavy atom. The molecule has 1 fully saturated rings. The van der Waals surface area contributed by atoms with Gasteiger partial charge in [-0.05, 0) is 66.9 Å². The van der Waals surface area contributed by atoms with Gasteiger partial charge in [0, 0.05) is 18.4 Å². The smallest absolute Gasteiger partial charge is 0.242 e. The fourth-order valence-corrected chi connectivity index (χ4v) is 5.75. The number of carbonyl (C=O) groups is 2. The van der Waals surface area contributed by atoms with Gasteiger partial charge in [0.05, 0.1) is 0 Å². The first-order valence-electron chi connectivity index (χ1n) is 10.7. The Morgan fingerprint density at radius 1 is 1.31 bits per heavy atom. The zero-order valence-corrected chi connectivity index (χ0v) is 18.6. The molecule has 2 bridgehead atoms. The van der Waals surface area contributed by atoms with Gasteiger partial charge < -0.3 is 15.7 Å². The van der Waals surface area contributed by atoms with E-state index < -0.39 is 6.04 Å². The number of aromatic hydroxyl groups is 1. The summed E-state index contributed by atoms with van der Waals surface area (Å²) in [4.78, 5) is 24.9. The lowest BCUT2D eigenvalue weighted by molar-refractivity contribution is -0.129. The highest BCUT2D eigenvalue weighted by Gasteiger charge is 2.47. The summed E-state index contributed by atoms with van der Waals surface area (Å²) in [6.07, 6.45) is 9.14. The Balaban J connectivity index is 1.91. The zero-order chi connectivity index (χ0) is 21.0. The van der Waals surface area contributed by atoms with Gasteiger partial charge in [0.1, 0.15) is 11.8 Å². The third-order valence-corrected chi connectivity index (χ3v) is 7.37. The molecule has 3 rings (SSSR count). The van der Waals surface area contributed by atoms with Crippen LogP contribution in [0, 0.1) is 5.92 Å². The molecule has 0 radical (unpaired) electrons. The molecule has 160 valence electrons. The molecule has 0 aromatic heterocycles. The molecular weight excluding hydrogens is 384 g/mol. The van der Waals surface area contributed by atoms with Crippen LogP contribution in [0.4, 0.5) is 0 Å². The highest BCUT2D eigenvalue weighted by molar-refractivity contribution is 7.98. The molecule has 5 nitrogen and oxygen atoms in total. The number of carbonyl (C=O) groups excluding carboxylic acids is 2. The van der Waals surface area contributed by atoms with Crippen molar-refractivity contribution in [1.82, 2.24) is 10.6 Å². The molecule has 0 spiro atoms. The first-order chi connectivity index (χ1) is 13.8. The number of thioether (sulfide) groups is 1. The normalized spacial score (nSPS) is 27.1. The molecule has 0 aliphatic heterocycles. The largest absolute Gasteiger partial charge is 0.508 e. The zero-order valence-electron chi connectivity index (χ0n) is 17.8. The monoisotopic (exact) mass is 418 g/mol. The van der Waals surface area contributed by atoms with Crippen molar-refractivity contribution >= 4 is 23.6 Å². The maximum atomic E-state index is 13.2. The van der Waals surface area contributed by atoms with E-state index in [-0.39, 0.29) is 29.0 Å². The number of fused-ring (bicyclic) bond motifs is 4. The topological polar surface area (TPSA) is 78.4 Å². The second-order valence-corrected chi connectivity index (χ2v) is 9.83. The van der Waals surface area contributed by atoms with Crippen molar-refractivity contribution in [2.75, 3.05) is 12.0 Å². The average molecular weight is 419 g/mol. The minimum Gasteiger partial charge on any atom is -0.508 e. The van der Waals surface area contributed by atoms with Crippen molar-refractivity contribution in [3.8, 4) is 5.75 Å². The molecule has 6 heteroatoms. The summed E-state index contributed by atoms with van der Waals surface area (Å²) in [5.74, 6) is 1.22. The number of rotatable bonds is 6. The second-order valence-electron chi connectivity index (χ2n) is 8.84. The van der Waals surface area contributed by atoms with Crippen molar-refractivity contribution in [2.24, 2.45) is 5.92 Å². The third kappa shape index (κ3) is 4.90. The van der Waals surface area contributed by atoms with Crippen LogP contribution in [0.15, 0.2) is 18.2 Å². The molecule has 1 unspecified atom stereocenters. The van der Waals surface area contributed by atoms with Crippen molar-refractivity contribution < 1.29 is 14.7 Å². The molecule has 29 heavy (non-hydrogen) atoms. The standard InChI is InChI=1S/C23H34N2O3S/c1-15(26)24-20(10-12-29-3)22(28)25-21-17-7-5-4-6-11-23(21,2)19-14-18(27)9-8-16(19)13-17/h8-9,14,17,20-21,27H,4-7,10-13H2,1-3H3,(H,24,26)(H,25,28)/t17?,20-,21-,23+/m0/s1. The fourth-order valence-electron chi connectivity index (χ4n) is 5.28. The molecule has 3 N–H and O–H groups in total. The maximum absolute atomic E-state index is 13.2. The summed E-state index contributed by atoms with van der Waals surface area (Å²) in [5, 5.41) is 16.3. The predicted molar refractivity (Wildman–Crippen MR) is 118 cm³/mol. The van der Waals surface area contributed by atoms with E-state index in [9.17, 15) is 14.7 Å². The first-order valence-corrected chi connectivity index (χ1v) is 12.1.